The zero-order valence-electron chi connectivity index (χ0n) is 14.6. The number of hydrogen-bond acceptors (Lipinski definition) is 5. The highest BCUT2D eigenvalue weighted by Crippen LogP contribution is 2.18. The first-order valence-corrected chi connectivity index (χ1v) is 8.02. The van der Waals surface area contributed by atoms with Crippen LogP contribution in [0, 0.1) is 11.3 Å². The van der Waals surface area contributed by atoms with E-state index in [1.54, 1.807) is 35.2 Å². The number of benzene rings is 2. The van der Waals surface area contributed by atoms with E-state index in [4.69, 9.17) is 5.26 Å². The van der Waals surface area contributed by atoms with Crippen molar-refractivity contribution in [3.63, 3.8) is 0 Å². The molecule has 1 amide bonds. The van der Waals surface area contributed by atoms with Gasteiger partial charge in [0, 0.05) is 29.7 Å². The largest absolute Gasteiger partial charge is 0.465 e. The average Bonchev–Trinajstić information content (AvgIpc) is 2.70. The molecule has 0 aliphatic carbocycles. The van der Waals surface area contributed by atoms with Crippen LogP contribution in [0.5, 0.6) is 0 Å². The number of ether oxygens (including phenoxy) is 1. The van der Waals surface area contributed by atoms with E-state index in [0.29, 0.717) is 17.8 Å². The monoisotopic (exact) mass is 349 g/mol. The van der Waals surface area contributed by atoms with E-state index < -0.39 is 5.97 Å². The summed E-state index contributed by atoms with van der Waals surface area (Å²) >= 11 is 0. The Balaban J connectivity index is 2.14. The number of nitriles is 1. The molecule has 1 N–H and O–H groups in total. The molecule has 6 heteroatoms. The van der Waals surface area contributed by atoms with Crippen LogP contribution < -0.4 is 10.2 Å². The van der Waals surface area contributed by atoms with E-state index >= 15 is 0 Å². The number of esters is 1. The molecule has 0 saturated carbocycles. The molecule has 0 unspecified atom stereocenters. The minimum absolute atomic E-state index is 0.104. The molecular formula is C20H19N3O3. The molecule has 0 atom stereocenters. The lowest BCUT2D eigenvalue weighted by Crippen LogP contribution is -2.30. The van der Waals surface area contributed by atoms with E-state index in [1.165, 1.54) is 13.3 Å². The van der Waals surface area contributed by atoms with Gasteiger partial charge in [-0.15, -0.1) is 0 Å². The number of carbonyl (C=O) groups excluding carboxylic acids is 2. The molecule has 0 spiro atoms. The Bertz CT molecular complexity index is 837. The minimum Gasteiger partial charge on any atom is -0.465 e. The second-order valence-electron chi connectivity index (χ2n) is 5.27. The van der Waals surface area contributed by atoms with E-state index in [2.05, 4.69) is 10.1 Å². The minimum atomic E-state index is -0.715. The second kappa shape index (κ2) is 9.04. The van der Waals surface area contributed by atoms with Gasteiger partial charge in [-0.25, -0.2) is 4.79 Å². The summed E-state index contributed by atoms with van der Waals surface area (Å²) in [5, 5.41) is 11.8. The molecule has 0 aromatic heterocycles. The summed E-state index contributed by atoms with van der Waals surface area (Å²) in [6.45, 7) is 2.47. The van der Waals surface area contributed by atoms with Gasteiger partial charge in [0.15, 0.2) is 5.57 Å². The highest BCUT2D eigenvalue weighted by atomic mass is 16.5. The Hall–Kier alpha value is -3.59. The number of hydrogen-bond donors (Lipinski definition) is 1. The lowest BCUT2D eigenvalue weighted by molar-refractivity contribution is -0.135. The molecule has 6 nitrogen and oxygen atoms in total. The van der Waals surface area contributed by atoms with Gasteiger partial charge in [0.2, 0.25) is 0 Å². The van der Waals surface area contributed by atoms with E-state index in [0.717, 1.165) is 5.69 Å². The fourth-order valence-electron chi connectivity index (χ4n) is 2.32. The number of carbonyl (C=O) groups is 2. The molecule has 2 aromatic rings. The van der Waals surface area contributed by atoms with Gasteiger partial charge in [0.05, 0.1) is 7.11 Å². The summed E-state index contributed by atoms with van der Waals surface area (Å²) in [7, 11) is 1.21. The van der Waals surface area contributed by atoms with Crippen LogP contribution in [0.25, 0.3) is 0 Å². The fraction of sp³-hybridized carbons (Fsp3) is 0.150. The number of methoxy groups -OCH3 is 1. The van der Waals surface area contributed by atoms with Crippen molar-refractivity contribution in [1.29, 1.82) is 5.26 Å². The van der Waals surface area contributed by atoms with Gasteiger partial charge in [-0.05, 0) is 43.3 Å². The number of anilines is 2. The third-order valence-corrected chi connectivity index (χ3v) is 3.67. The summed E-state index contributed by atoms with van der Waals surface area (Å²) in [5.41, 5.74) is 1.87. The quantitative estimate of drug-likeness (QED) is 0.491. The SMILES string of the molecule is CCN(C(=O)c1ccc(N/C=C(\C#N)C(=O)OC)cc1)c1ccccc1. The van der Waals surface area contributed by atoms with Crippen molar-refractivity contribution < 1.29 is 14.3 Å². The van der Waals surface area contributed by atoms with Gasteiger partial charge in [-0.3, -0.25) is 4.79 Å². The molecule has 2 rings (SSSR count). The highest BCUT2D eigenvalue weighted by Gasteiger charge is 2.15. The molecule has 0 saturated heterocycles. The first kappa shape index (κ1) is 18.7. The first-order valence-electron chi connectivity index (χ1n) is 8.02. The third kappa shape index (κ3) is 4.48. The van der Waals surface area contributed by atoms with E-state index in [1.807, 2.05) is 37.3 Å². The summed E-state index contributed by atoms with van der Waals surface area (Å²) in [5.74, 6) is -0.818. The van der Waals surface area contributed by atoms with E-state index in [9.17, 15) is 9.59 Å². The van der Waals surface area contributed by atoms with Gasteiger partial charge >= 0.3 is 5.97 Å². The van der Waals surface area contributed by atoms with Crippen LogP contribution in [0.4, 0.5) is 11.4 Å². The molecule has 26 heavy (non-hydrogen) atoms. The number of rotatable bonds is 6. The van der Waals surface area contributed by atoms with Crippen LogP contribution in [-0.4, -0.2) is 25.5 Å². The number of para-hydroxylation sites is 1. The zero-order valence-corrected chi connectivity index (χ0v) is 14.6. The van der Waals surface area contributed by atoms with Crippen molar-refractivity contribution in [3.8, 4) is 6.07 Å². The molecule has 0 heterocycles. The Morgan fingerprint density at radius 3 is 2.35 bits per heavy atom. The highest BCUT2D eigenvalue weighted by molar-refractivity contribution is 6.06. The Morgan fingerprint density at radius 1 is 1.15 bits per heavy atom. The normalized spacial score (nSPS) is 10.6. The lowest BCUT2D eigenvalue weighted by atomic mass is 10.1. The van der Waals surface area contributed by atoms with Gasteiger partial charge in [-0.2, -0.15) is 5.26 Å². The lowest BCUT2D eigenvalue weighted by Gasteiger charge is -2.21. The maximum atomic E-state index is 12.7. The first-order chi connectivity index (χ1) is 12.6. The van der Waals surface area contributed by atoms with Crippen LogP contribution in [0.1, 0.15) is 17.3 Å². The average molecular weight is 349 g/mol. The molecule has 132 valence electrons. The molecule has 0 radical (unpaired) electrons. The molecule has 2 aromatic carbocycles. The Kier molecular flexibility index (Phi) is 6.52. The molecule has 0 aliphatic rings. The number of amides is 1. The van der Waals surface area contributed by atoms with Crippen LogP contribution in [-0.2, 0) is 9.53 Å². The Morgan fingerprint density at radius 2 is 1.81 bits per heavy atom. The third-order valence-electron chi connectivity index (χ3n) is 3.67. The predicted octanol–water partition coefficient (Wildman–Crippen LogP) is 3.35. The Labute approximate surface area is 152 Å². The summed E-state index contributed by atoms with van der Waals surface area (Å²) < 4.78 is 4.50. The van der Waals surface area contributed by atoms with Gasteiger partial charge in [-0.1, -0.05) is 18.2 Å². The van der Waals surface area contributed by atoms with Crippen molar-refractivity contribution >= 4 is 23.3 Å². The van der Waals surface area contributed by atoms with Crippen molar-refractivity contribution in [2.75, 3.05) is 23.9 Å². The van der Waals surface area contributed by atoms with Crippen LogP contribution in [0.2, 0.25) is 0 Å². The van der Waals surface area contributed by atoms with Crippen molar-refractivity contribution in [2.45, 2.75) is 6.92 Å². The zero-order chi connectivity index (χ0) is 18.9. The van der Waals surface area contributed by atoms with Crippen molar-refractivity contribution in [1.82, 2.24) is 0 Å². The summed E-state index contributed by atoms with van der Waals surface area (Å²) in [6, 6.07) is 18.0. The van der Waals surface area contributed by atoms with Crippen molar-refractivity contribution in [2.24, 2.45) is 0 Å². The smallest absolute Gasteiger partial charge is 0.350 e. The molecule has 0 aliphatic heterocycles. The van der Waals surface area contributed by atoms with Gasteiger partial charge < -0.3 is 15.0 Å². The fourth-order valence-corrected chi connectivity index (χ4v) is 2.32. The summed E-state index contributed by atoms with van der Waals surface area (Å²) in [6.07, 6.45) is 1.27. The molecule has 0 bridgehead atoms. The van der Waals surface area contributed by atoms with Crippen molar-refractivity contribution in [3.05, 3.63) is 71.9 Å². The molecular weight excluding hydrogens is 330 g/mol. The maximum Gasteiger partial charge on any atom is 0.350 e. The van der Waals surface area contributed by atoms with Crippen LogP contribution in [0.15, 0.2) is 66.4 Å². The number of nitrogens with one attached hydrogen (secondary N) is 1. The van der Waals surface area contributed by atoms with Crippen LogP contribution in [0.3, 0.4) is 0 Å². The standard InChI is InChI=1S/C20H19N3O3/c1-3-23(18-7-5-4-6-8-18)19(24)15-9-11-17(12-10-15)22-14-16(13-21)20(25)26-2/h4-12,14,22H,3H2,1-2H3/b16-14+. The topological polar surface area (TPSA) is 82.4 Å². The second-order valence-corrected chi connectivity index (χ2v) is 5.27. The van der Waals surface area contributed by atoms with Crippen LogP contribution >= 0.6 is 0 Å². The van der Waals surface area contributed by atoms with E-state index in [-0.39, 0.29) is 11.5 Å². The molecule has 0 fully saturated rings. The predicted molar refractivity (Wildman–Crippen MR) is 99.6 cm³/mol. The maximum absolute atomic E-state index is 12.7. The van der Waals surface area contributed by atoms with Gasteiger partial charge in [0.25, 0.3) is 5.91 Å². The summed E-state index contributed by atoms with van der Waals surface area (Å²) in [4.78, 5) is 25.8. The van der Waals surface area contributed by atoms with Gasteiger partial charge in [0.1, 0.15) is 6.07 Å². The number of nitrogens with zero attached hydrogens (tertiary/aromatic N) is 2.